The second-order valence-electron chi connectivity index (χ2n) is 10.9. The number of rotatable bonds is 6. The van der Waals surface area contributed by atoms with E-state index in [9.17, 15) is 19.2 Å². The van der Waals surface area contributed by atoms with Gasteiger partial charge in [-0.15, -0.1) is 0 Å². The Morgan fingerprint density at radius 1 is 0.721 bits per heavy atom. The third-order valence-corrected chi connectivity index (χ3v) is 9.51. The van der Waals surface area contributed by atoms with E-state index in [-0.39, 0.29) is 27.4 Å². The summed E-state index contributed by atoms with van der Waals surface area (Å²) < 4.78 is 5.19. The van der Waals surface area contributed by atoms with Crippen LogP contribution in [-0.2, 0) is 9.59 Å². The van der Waals surface area contributed by atoms with Crippen LogP contribution in [0.3, 0.4) is 0 Å². The Morgan fingerprint density at radius 3 is 1.67 bits per heavy atom. The quantitative estimate of drug-likeness (QED) is 0.194. The highest BCUT2D eigenvalue weighted by Crippen LogP contribution is 2.61. The van der Waals surface area contributed by atoms with Gasteiger partial charge >= 0.3 is 0 Å². The van der Waals surface area contributed by atoms with Crippen molar-refractivity contribution in [3.63, 3.8) is 0 Å². The van der Waals surface area contributed by atoms with Gasteiger partial charge in [-0.05, 0) is 64.7 Å². The summed E-state index contributed by atoms with van der Waals surface area (Å²) in [5.41, 5.74) is 4.41. The van der Waals surface area contributed by atoms with Gasteiger partial charge in [-0.1, -0.05) is 71.7 Å². The smallest absolute Gasteiger partial charge is 0.273 e. The Bertz CT molecular complexity index is 1720. The molecule has 0 radical (unpaired) electrons. The summed E-state index contributed by atoms with van der Waals surface area (Å²) in [6.07, 6.45) is 0. The highest BCUT2D eigenvalue weighted by atomic mass is 35.5. The van der Waals surface area contributed by atoms with Crippen molar-refractivity contribution in [2.45, 2.75) is 11.8 Å². The number of amides is 3. The van der Waals surface area contributed by atoms with E-state index >= 15 is 0 Å². The van der Waals surface area contributed by atoms with Crippen LogP contribution in [0.4, 0.5) is 0 Å². The van der Waals surface area contributed by atoms with E-state index in [1.807, 2.05) is 48.5 Å². The second-order valence-corrected chi connectivity index (χ2v) is 11.7. The number of hydrogen-bond donors (Lipinski definition) is 0. The van der Waals surface area contributed by atoms with Gasteiger partial charge in [0.2, 0.25) is 0 Å². The maximum absolute atomic E-state index is 14.4. The van der Waals surface area contributed by atoms with Crippen LogP contribution >= 0.6 is 23.2 Å². The third kappa shape index (κ3) is 4.18. The van der Waals surface area contributed by atoms with Gasteiger partial charge in [0, 0.05) is 23.0 Å². The van der Waals surface area contributed by atoms with Crippen molar-refractivity contribution in [3.05, 3.63) is 134 Å². The fraction of sp³-hybridized carbons (Fsp3) is 0.176. The molecular weight excluding hydrogens is 587 g/mol. The fourth-order valence-corrected chi connectivity index (χ4v) is 7.21. The van der Waals surface area contributed by atoms with E-state index in [0.717, 1.165) is 32.3 Å². The maximum atomic E-state index is 14.4. The average Bonchev–Trinajstić information content (AvgIpc) is 3.30. The number of carbonyl (C=O) groups excluding carboxylic acids is 4. The number of methoxy groups -OCH3 is 1. The molecule has 2 atom stereocenters. The Morgan fingerprint density at radius 2 is 1.21 bits per heavy atom. The molecule has 2 bridgehead atoms. The van der Waals surface area contributed by atoms with Crippen molar-refractivity contribution < 1.29 is 23.9 Å². The molecule has 4 aromatic carbocycles. The first kappa shape index (κ1) is 27.4. The molecule has 0 aromatic heterocycles. The van der Waals surface area contributed by atoms with Gasteiger partial charge in [-0.25, -0.2) is 5.01 Å². The standard InChI is InChI=1S/C34H24Cl2N2O5/c1-43-20-13-10-18(11-14-20)27(39)17-37(32(40)19-12-15-25(35)26(36)16-19)38-33(41)30-28-21-6-2-3-7-22(21)29(31(30)34(38)42)24-9-5-4-8-23(24)28/h2-16,28-31H,17H2,1H3/t28?,29?,30-,31+. The number of hydrazine groups is 1. The molecule has 0 N–H and O–H groups in total. The lowest BCUT2D eigenvalue weighted by Gasteiger charge is -2.45. The predicted molar refractivity (Wildman–Crippen MR) is 160 cm³/mol. The minimum absolute atomic E-state index is 0.0851. The molecule has 3 aliphatic carbocycles. The van der Waals surface area contributed by atoms with Gasteiger partial charge in [-0.3, -0.25) is 19.2 Å². The predicted octanol–water partition coefficient (Wildman–Crippen LogP) is 6.13. The Hall–Kier alpha value is -4.46. The lowest BCUT2D eigenvalue weighted by molar-refractivity contribution is -0.154. The Labute approximate surface area is 257 Å². The number of hydrogen-bond acceptors (Lipinski definition) is 5. The van der Waals surface area contributed by atoms with E-state index in [1.54, 1.807) is 24.3 Å². The molecule has 1 saturated heterocycles. The van der Waals surface area contributed by atoms with Crippen LogP contribution in [0.2, 0.25) is 10.0 Å². The monoisotopic (exact) mass is 610 g/mol. The minimum atomic E-state index is -0.720. The molecule has 0 saturated carbocycles. The summed E-state index contributed by atoms with van der Waals surface area (Å²) in [7, 11) is 1.52. The highest BCUT2D eigenvalue weighted by Gasteiger charge is 2.63. The van der Waals surface area contributed by atoms with Crippen molar-refractivity contribution in [1.29, 1.82) is 0 Å². The van der Waals surface area contributed by atoms with Crippen molar-refractivity contribution in [2.75, 3.05) is 13.7 Å². The number of carbonyl (C=O) groups is 4. The molecular formula is C34H24Cl2N2O5. The van der Waals surface area contributed by atoms with Gasteiger partial charge < -0.3 is 4.74 Å². The van der Waals surface area contributed by atoms with E-state index in [0.29, 0.717) is 11.3 Å². The van der Waals surface area contributed by atoms with Gasteiger partial charge in [0.05, 0.1) is 29.0 Å². The van der Waals surface area contributed by atoms with Crippen LogP contribution in [0.5, 0.6) is 5.75 Å². The number of Topliss-reactive ketones (excluding diaryl/α,β-unsaturated/α-hetero) is 1. The molecule has 0 unspecified atom stereocenters. The third-order valence-electron chi connectivity index (χ3n) is 8.77. The molecule has 9 heteroatoms. The van der Waals surface area contributed by atoms with Crippen LogP contribution in [0.1, 0.15) is 54.8 Å². The molecule has 7 nitrogen and oxygen atoms in total. The summed E-state index contributed by atoms with van der Waals surface area (Å²) in [5.74, 6) is -3.79. The van der Waals surface area contributed by atoms with Gasteiger partial charge in [-0.2, -0.15) is 5.01 Å². The van der Waals surface area contributed by atoms with Crippen LogP contribution < -0.4 is 4.74 Å². The van der Waals surface area contributed by atoms with Gasteiger partial charge in [0.1, 0.15) is 12.3 Å². The molecule has 0 spiro atoms. The van der Waals surface area contributed by atoms with Crippen molar-refractivity contribution in [2.24, 2.45) is 11.8 Å². The highest BCUT2D eigenvalue weighted by molar-refractivity contribution is 6.42. The largest absolute Gasteiger partial charge is 0.497 e. The Kier molecular flexibility index (Phi) is 6.60. The normalized spacial score (nSPS) is 21.2. The van der Waals surface area contributed by atoms with Gasteiger partial charge in [0.15, 0.2) is 5.78 Å². The van der Waals surface area contributed by atoms with Crippen LogP contribution in [0.15, 0.2) is 91.0 Å². The number of ether oxygens (including phenoxy) is 1. The van der Waals surface area contributed by atoms with E-state index < -0.39 is 41.9 Å². The molecule has 1 aliphatic heterocycles. The maximum Gasteiger partial charge on any atom is 0.273 e. The molecule has 1 fully saturated rings. The first-order valence-electron chi connectivity index (χ1n) is 13.8. The van der Waals surface area contributed by atoms with Crippen LogP contribution in [-0.4, -0.2) is 47.2 Å². The number of halogens is 2. The zero-order chi connectivity index (χ0) is 30.0. The summed E-state index contributed by atoms with van der Waals surface area (Å²) in [5, 5.41) is 2.24. The van der Waals surface area contributed by atoms with Crippen molar-refractivity contribution >= 4 is 46.7 Å². The molecule has 1 heterocycles. The zero-order valence-electron chi connectivity index (χ0n) is 22.9. The first-order valence-corrected chi connectivity index (χ1v) is 14.5. The topological polar surface area (TPSA) is 84.0 Å². The number of ketones is 1. The second kappa shape index (κ2) is 10.4. The molecule has 43 heavy (non-hydrogen) atoms. The average molecular weight is 611 g/mol. The van der Waals surface area contributed by atoms with Gasteiger partial charge in [0.25, 0.3) is 17.7 Å². The SMILES string of the molecule is COc1ccc(C(=O)CN(C(=O)c2ccc(Cl)c(Cl)c2)N2C(=O)[C@@H]3C4c5ccccc5C(c5ccccc54)[C@@H]3C2=O)cc1. The molecule has 4 aliphatic rings. The van der Waals surface area contributed by atoms with E-state index in [1.165, 1.54) is 25.3 Å². The summed E-state index contributed by atoms with van der Waals surface area (Å²) in [6, 6.07) is 26.4. The number of nitrogens with zero attached hydrogens (tertiary/aromatic N) is 2. The number of imide groups is 1. The van der Waals surface area contributed by atoms with E-state index in [4.69, 9.17) is 27.9 Å². The summed E-state index contributed by atoms with van der Waals surface area (Å²) in [6.45, 7) is -0.544. The first-order chi connectivity index (χ1) is 20.8. The van der Waals surface area contributed by atoms with Crippen LogP contribution in [0, 0.1) is 11.8 Å². The zero-order valence-corrected chi connectivity index (χ0v) is 24.4. The lowest BCUT2D eigenvalue weighted by Crippen LogP contribution is -2.52. The van der Waals surface area contributed by atoms with Crippen LogP contribution in [0.25, 0.3) is 0 Å². The molecule has 4 aromatic rings. The summed E-state index contributed by atoms with van der Waals surface area (Å²) in [4.78, 5) is 56.4. The summed E-state index contributed by atoms with van der Waals surface area (Å²) >= 11 is 12.3. The van der Waals surface area contributed by atoms with E-state index in [2.05, 4.69) is 0 Å². The molecule has 214 valence electrons. The lowest BCUT2D eigenvalue weighted by atomic mass is 9.55. The van der Waals surface area contributed by atoms with Crippen molar-refractivity contribution in [1.82, 2.24) is 10.0 Å². The molecule has 3 amide bonds. The minimum Gasteiger partial charge on any atom is -0.497 e. The molecule has 8 rings (SSSR count). The Balaban J connectivity index is 1.32. The van der Waals surface area contributed by atoms with Crippen molar-refractivity contribution in [3.8, 4) is 5.75 Å². The number of benzene rings is 4. The fourth-order valence-electron chi connectivity index (χ4n) is 6.92.